The summed E-state index contributed by atoms with van der Waals surface area (Å²) in [4.78, 5) is 0. The van der Waals surface area contributed by atoms with Crippen molar-refractivity contribution in [3.05, 3.63) is 56.0 Å². The molecular formula is C15H5Cl3N4. The van der Waals surface area contributed by atoms with Gasteiger partial charge in [-0.1, -0.05) is 40.9 Å². The van der Waals surface area contributed by atoms with Crippen molar-refractivity contribution in [2.24, 2.45) is 0 Å². The van der Waals surface area contributed by atoms with E-state index in [4.69, 9.17) is 40.1 Å². The third-order valence-corrected chi connectivity index (χ3v) is 3.80. The van der Waals surface area contributed by atoms with Gasteiger partial charge in [-0.3, -0.25) is 0 Å². The second-order valence-corrected chi connectivity index (χ2v) is 5.29. The van der Waals surface area contributed by atoms with Crippen LogP contribution >= 0.6 is 34.8 Å². The molecule has 0 spiro atoms. The summed E-state index contributed by atoms with van der Waals surface area (Å²) in [6.07, 6.45) is 0. The molecule has 0 aliphatic carbocycles. The zero-order valence-corrected chi connectivity index (χ0v) is 13.1. The molecule has 2 rings (SSSR count). The Morgan fingerprint density at radius 3 is 1.82 bits per heavy atom. The van der Waals surface area contributed by atoms with E-state index in [1.165, 1.54) is 0 Å². The fourth-order valence-corrected chi connectivity index (χ4v) is 2.62. The van der Waals surface area contributed by atoms with E-state index in [2.05, 4.69) is 5.32 Å². The number of nitriles is 3. The van der Waals surface area contributed by atoms with Crippen LogP contribution in [0.15, 0.2) is 24.3 Å². The number of anilines is 2. The molecule has 2 aromatic rings. The van der Waals surface area contributed by atoms with E-state index in [1.807, 2.05) is 12.1 Å². The van der Waals surface area contributed by atoms with Crippen LogP contribution in [0.5, 0.6) is 0 Å². The lowest BCUT2D eigenvalue weighted by Crippen LogP contribution is -2.01. The van der Waals surface area contributed by atoms with Crippen molar-refractivity contribution in [2.45, 2.75) is 0 Å². The summed E-state index contributed by atoms with van der Waals surface area (Å²) in [7, 11) is 0. The van der Waals surface area contributed by atoms with Gasteiger partial charge in [-0.15, -0.1) is 0 Å². The third kappa shape index (κ3) is 2.80. The average molecular weight is 348 g/mol. The highest BCUT2D eigenvalue weighted by atomic mass is 35.5. The van der Waals surface area contributed by atoms with Crippen LogP contribution in [0, 0.1) is 34.0 Å². The van der Waals surface area contributed by atoms with Crippen LogP contribution in [0.1, 0.15) is 16.7 Å². The maximum Gasteiger partial charge on any atom is 0.103 e. The summed E-state index contributed by atoms with van der Waals surface area (Å²) < 4.78 is 0. The van der Waals surface area contributed by atoms with Gasteiger partial charge in [0, 0.05) is 10.7 Å². The lowest BCUT2D eigenvalue weighted by molar-refractivity contribution is 1.40. The molecular weight excluding hydrogens is 343 g/mol. The smallest absolute Gasteiger partial charge is 0.103 e. The molecule has 0 atom stereocenters. The predicted octanol–water partition coefficient (Wildman–Crippen LogP) is 5.01. The Labute approximate surface area is 141 Å². The highest BCUT2D eigenvalue weighted by Crippen LogP contribution is 2.39. The number of nitrogens with zero attached hydrogens (tertiary/aromatic N) is 3. The minimum Gasteiger partial charge on any atom is -0.353 e. The van der Waals surface area contributed by atoms with Crippen molar-refractivity contribution in [1.29, 1.82) is 15.8 Å². The molecule has 4 nitrogen and oxygen atoms in total. The van der Waals surface area contributed by atoms with E-state index in [9.17, 15) is 10.5 Å². The fraction of sp³-hybridized carbons (Fsp3) is 0. The van der Waals surface area contributed by atoms with Crippen molar-refractivity contribution in [3.63, 3.8) is 0 Å². The molecule has 22 heavy (non-hydrogen) atoms. The summed E-state index contributed by atoms with van der Waals surface area (Å²) in [5.74, 6) is 0. The Hall–Kier alpha value is -2.42. The maximum absolute atomic E-state index is 9.30. The van der Waals surface area contributed by atoms with Gasteiger partial charge in [-0.05, 0) is 18.2 Å². The molecule has 0 bridgehead atoms. The van der Waals surface area contributed by atoms with Crippen molar-refractivity contribution < 1.29 is 0 Å². The Morgan fingerprint density at radius 2 is 1.36 bits per heavy atom. The van der Waals surface area contributed by atoms with E-state index < -0.39 is 0 Å². The molecule has 2 aromatic carbocycles. The molecule has 1 N–H and O–H groups in total. The van der Waals surface area contributed by atoms with E-state index in [1.54, 1.807) is 30.3 Å². The molecule has 0 heterocycles. The van der Waals surface area contributed by atoms with Gasteiger partial charge >= 0.3 is 0 Å². The number of halogens is 3. The number of nitrogens with one attached hydrogen (secondary N) is 1. The molecule has 0 saturated heterocycles. The molecule has 0 aliphatic rings. The molecule has 0 aliphatic heterocycles. The molecule has 106 valence electrons. The number of hydrogen-bond donors (Lipinski definition) is 1. The SMILES string of the molecule is N#Cc1c(Cl)c(C#N)c(Nc2cccc(Cl)c2)c(C#N)c1Cl. The first-order valence-corrected chi connectivity index (χ1v) is 6.94. The molecule has 0 unspecified atom stereocenters. The van der Waals surface area contributed by atoms with Crippen molar-refractivity contribution in [2.75, 3.05) is 5.32 Å². The van der Waals surface area contributed by atoms with Crippen LogP contribution in [0.2, 0.25) is 15.1 Å². The van der Waals surface area contributed by atoms with Gasteiger partial charge in [0.2, 0.25) is 0 Å². The summed E-state index contributed by atoms with van der Waals surface area (Å²) in [5, 5.41) is 30.9. The van der Waals surface area contributed by atoms with Gasteiger partial charge in [0.15, 0.2) is 0 Å². The Bertz CT molecular complexity index is 844. The van der Waals surface area contributed by atoms with E-state index >= 15 is 0 Å². The van der Waals surface area contributed by atoms with Gasteiger partial charge < -0.3 is 5.32 Å². The van der Waals surface area contributed by atoms with Gasteiger partial charge in [0.1, 0.15) is 18.2 Å². The van der Waals surface area contributed by atoms with Crippen LogP contribution in [0.25, 0.3) is 0 Å². The monoisotopic (exact) mass is 346 g/mol. The lowest BCUT2D eigenvalue weighted by Gasteiger charge is -2.14. The standard InChI is InChI=1S/C15H5Cl3N4/c16-8-2-1-3-9(4-8)22-15-11(6-20)13(17)10(5-19)14(18)12(15)7-21/h1-4,22H. The minimum absolute atomic E-state index is 0.0286. The lowest BCUT2D eigenvalue weighted by atomic mass is 10.0. The molecule has 0 radical (unpaired) electrons. The zero-order valence-electron chi connectivity index (χ0n) is 10.8. The van der Waals surface area contributed by atoms with Crippen LogP contribution in [-0.2, 0) is 0 Å². The van der Waals surface area contributed by atoms with Crippen molar-refractivity contribution in [1.82, 2.24) is 0 Å². The summed E-state index contributed by atoms with van der Waals surface area (Å²) in [5.41, 5.74) is 0.532. The van der Waals surface area contributed by atoms with Gasteiger partial charge in [-0.25, -0.2) is 0 Å². The van der Waals surface area contributed by atoms with E-state index in [0.29, 0.717) is 10.7 Å². The fourth-order valence-electron chi connectivity index (χ4n) is 1.83. The van der Waals surface area contributed by atoms with Crippen LogP contribution in [-0.4, -0.2) is 0 Å². The Morgan fingerprint density at radius 1 is 0.818 bits per heavy atom. The van der Waals surface area contributed by atoms with Crippen molar-refractivity contribution in [3.8, 4) is 18.2 Å². The third-order valence-electron chi connectivity index (χ3n) is 2.81. The number of rotatable bonds is 2. The average Bonchev–Trinajstić information content (AvgIpc) is 2.48. The number of benzene rings is 2. The normalized spacial score (nSPS) is 9.45. The van der Waals surface area contributed by atoms with E-state index in [0.717, 1.165) is 0 Å². The molecule has 0 aromatic heterocycles. The highest BCUT2D eigenvalue weighted by molar-refractivity contribution is 6.39. The summed E-state index contributed by atoms with van der Waals surface area (Å²) >= 11 is 18.0. The second kappa shape index (κ2) is 6.56. The maximum atomic E-state index is 9.30. The van der Waals surface area contributed by atoms with E-state index in [-0.39, 0.29) is 32.4 Å². The second-order valence-electron chi connectivity index (χ2n) is 4.10. The number of hydrogen-bond acceptors (Lipinski definition) is 4. The molecule has 0 saturated carbocycles. The summed E-state index contributed by atoms with van der Waals surface area (Å²) in [6, 6.07) is 12.3. The van der Waals surface area contributed by atoms with Gasteiger partial charge in [0.25, 0.3) is 0 Å². The molecule has 7 heteroatoms. The first kappa shape index (κ1) is 16.0. The topological polar surface area (TPSA) is 83.4 Å². The van der Waals surface area contributed by atoms with Crippen LogP contribution < -0.4 is 5.32 Å². The van der Waals surface area contributed by atoms with Gasteiger partial charge in [-0.2, -0.15) is 15.8 Å². The minimum atomic E-state index is -0.104. The van der Waals surface area contributed by atoms with Crippen LogP contribution in [0.3, 0.4) is 0 Å². The molecule has 0 amide bonds. The first-order chi connectivity index (χ1) is 10.5. The highest BCUT2D eigenvalue weighted by Gasteiger charge is 2.22. The first-order valence-electron chi connectivity index (χ1n) is 5.81. The predicted molar refractivity (Wildman–Crippen MR) is 85.3 cm³/mol. The van der Waals surface area contributed by atoms with Crippen molar-refractivity contribution >= 4 is 46.2 Å². The Kier molecular flexibility index (Phi) is 4.76. The Balaban J connectivity index is 2.73. The molecule has 0 fully saturated rings. The zero-order chi connectivity index (χ0) is 16.3. The largest absolute Gasteiger partial charge is 0.353 e. The van der Waals surface area contributed by atoms with Crippen LogP contribution in [0.4, 0.5) is 11.4 Å². The van der Waals surface area contributed by atoms with Gasteiger partial charge in [0.05, 0.1) is 32.4 Å². The quantitative estimate of drug-likeness (QED) is 0.828. The summed E-state index contributed by atoms with van der Waals surface area (Å²) in [6.45, 7) is 0.